The SMILES string of the molecule is [2H]c1c([2H])c(OC([2H])([2H])c2c([2H])c([2H])c(C([2H])([2H])N3C([2H])([2H])C([2H])([2H])OC([2H])([2H])C3([2H])[2H])c([2H])c2F)c2c(c1[2H])C(=O)N([C@@]1([2H])CCC(=O)NC1=O)C2([2H])[2H]. The van der Waals surface area contributed by atoms with Crippen LogP contribution in [0.25, 0.3) is 0 Å². The van der Waals surface area contributed by atoms with Crippen molar-refractivity contribution < 1.29 is 57.0 Å². The number of hydrogen-bond acceptors (Lipinski definition) is 6. The van der Waals surface area contributed by atoms with Gasteiger partial charge in [-0.15, -0.1) is 0 Å². The quantitative estimate of drug-likeness (QED) is 0.626. The Kier molecular flexibility index (Phi) is 2.44. The van der Waals surface area contributed by atoms with E-state index in [1.807, 2.05) is 0 Å². The van der Waals surface area contributed by atoms with E-state index in [1.54, 1.807) is 5.32 Å². The van der Waals surface area contributed by atoms with Crippen molar-refractivity contribution >= 4 is 17.7 Å². The third kappa shape index (κ3) is 4.53. The predicted molar refractivity (Wildman–Crippen MR) is 119 cm³/mol. The van der Waals surface area contributed by atoms with Crippen molar-refractivity contribution in [3.05, 3.63) is 64.3 Å². The number of benzene rings is 2. The summed E-state index contributed by atoms with van der Waals surface area (Å²) < 4.78 is 200. The first-order valence-electron chi connectivity index (χ1n) is 19.9. The Morgan fingerprint density at radius 1 is 1.26 bits per heavy atom. The molecule has 0 aromatic heterocycles. The van der Waals surface area contributed by atoms with Gasteiger partial charge >= 0.3 is 0 Å². The van der Waals surface area contributed by atoms with Crippen LogP contribution in [0.5, 0.6) is 5.75 Å². The van der Waals surface area contributed by atoms with Crippen LogP contribution >= 0.6 is 0 Å². The first-order chi connectivity index (χ1) is 24.6. The van der Waals surface area contributed by atoms with Gasteiger partial charge in [0.1, 0.15) is 24.1 Å². The number of fused-ring (bicyclic) bond motifs is 1. The van der Waals surface area contributed by atoms with Crippen molar-refractivity contribution in [3.8, 4) is 5.75 Å². The van der Waals surface area contributed by atoms with Crippen LogP contribution in [0.3, 0.4) is 0 Å². The van der Waals surface area contributed by atoms with E-state index in [-0.39, 0.29) is 4.90 Å². The number of hydrogen-bond donors (Lipinski definition) is 1. The van der Waals surface area contributed by atoms with E-state index in [1.165, 1.54) is 0 Å². The minimum Gasteiger partial charge on any atom is -0.488 e. The average molecular weight is 489 g/mol. The fourth-order valence-corrected chi connectivity index (χ4v) is 2.99. The van der Waals surface area contributed by atoms with Gasteiger partial charge in [0.05, 0.1) is 40.2 Å². The Morgan fingerprint density at radius 3 is 2.88 bits per heavy atom. The number of halogens is 1. The lowest BCUT2D eigenvalue weighted by atomic mass is 10.0. The van der Waals surface area contributed by atoms with Gasteiger partial charge in [0, 0.05) is 50.8 Å². The molecule has 0 aliphatic carbocycles. The largest absolute Gasteiger partial charge is 0.488 e. The molecule has 178 valence electrons. The molecule has 2 aromatic rings. The molecular formula is C25H26FN3O5. The first-order valence-corrected chi connectivity index (χ1v) is 9.42. The van der Waals surface area contributed by atoms with Gasteiger partial charge < -0.3 is 14.4 Å². The second kappa shape index (κ2) is 9.52. The van der Waals surface area contributed by atoms with E-state index in [0.717, 1.165) is 0 Å². The zero-order valence-corrected chi connectivity index (χ0v) is 16.7. The monoisotopic (exact) mass is 488 g/mol. The topological polar surface area (TPSA) is 88.2 Å². The maximum Gasteiger partial charge on any atom is 0.255 e. The fraction of sp³-hybridized carbons (Fsp3) is 0.400. The highest BCUT2D eigenvalue weighted by Gasteiger charge is 2.40. The van der Waals surface area contributed by atoms with Crippen LogP contribution in [0.4, 0.5) is 4.39 Å². The van der Waals surface area contributed by atoms with Crippen LogP contribution in [-0.4, -0.2) is 59.7 Å². The van der Waals surface area contributed by atoms with Gasteiger partial charge in [-0.3, -0.25) is 24.6 Å². The molecule has 1 N–H and O–H groups in total. The number of rotatable bonds is 6. The summed E-state index contributed by atoms with van der Waals surface area (Å²) >= 11 is 0. The van der Waals surface area contributed by atoms with E-state index >= 15 is 4.39 Å². The summed E-state index contributed by atoms with van der Waals surface area (Å²) in [5.74, 6) is -7.66. The van der Waals surface area contributed by atoms with Crippen molar-refractivity contribution in [3.63, 3.8) is 0 Å². The summed E-state index contributed by atoms with van der Waals surface area (Å²) in [5.41, 5.74) is -5.83. The number of ether oxygens (including phenoxy) is 2. The number of amides is 3. The molecule has 3 aliphatic rings. The molecule has 0 saturated carbocycles. The maximum absolute atomic E-state index is 16.2. The number of nitrogens with zero attached hydrogens (tertiary/aromatic N) is 2. The van der Waals surface area contributed by atoms with Gasteiger partial charge in [-0.25, -0.2) is 4.39 Å². The summed E-state index contributed by atoms with van der Waals surface area (Å²) in [5, 5.41) is 1.77. The Bertz CT molecular complexity index is 2030. The highest BCUT2D eigenvalue weighted by atomic mass is 19.1. The second-order valence-electron chi connectivity index (χ2n) is 6.65. The van der Waals surface area contributed by atoms with Crippen LogP contribution in [0, 0.1) is 5.82 Å². The van der Waals surface area contributed by atoms with E-state index in [9.17, 15) is 14.4 Å². The molecule has 2 fully saturated rings. The fourth-order valence-electron chi connectivity index (χ4n) is 2.99. The number of piperidine rings is 1. The Hall–Kier alpha value is -3.30. The highest BCUT2D eigenvalue weighted by molar-refractivity contribution is 6.05. The van der Waals surface area contributed by atoms with Crippen LogP contribution in [0.15, 0.2) is 36.3 Å². The number of imide groups is 1. The molecule has 0 unspecified atom stereocenters. The summed E-state index contributed by atoms with van der Waals surface area (Å²) in [6.45, 7) is -27.3. The Labute approximate surface area is 226 Å². The van der Waals surface area contributed by atoms with E-state index in [0.29, 0.717) is 0 Å². The molecule has 8 nitrogen and oxygen atoms in total. The van der Waals surface area contributed by atoms with Crippen LogP contribution < -0.4 is 10.1 Å². The molecule has 5 rings (SSSR count). The lowest BCUT2D eigenvalue weighted by Gasteiger charge is -2.29. The van der Waals surface area contributed by atoms with Crippen LogP contribution in [0.2, 0.25) is 0 Å². The standard InChI is InChI=1S/C25H26FN3O5/c26-20-12-16(13-28-8-10-33-11-9-28)4-5-17(20)15-34-22-3-1-2-18-19(22)14-29(25(18)32)21-6-7-23(30)27-24(21)31/h1-5,12,21H,6-11,13-15H2,(H,27,30,31)/t21-/m0/s1/i1D,2D,3D,4D,5D,8D2,9D2,10D2,11D2,12D,13D2,14D2,15D2,21D. The van der Waals surface area contributed by atoms with E-state index < -0.39 is 157 Å². The average Bonchev–Trinajstić information content (AvgIpc) is 3.22. The molecule has 1 atom stereocenters. The van der Waals surface area contributed by atoms with Crippen molar-refractivity contribution in [2.24, 2.45) is 0 Å². The first kappa shape index (κ1) is 8.73. The number of carbonyl (C=O) groups is 3. The molecule has 0 bridgehead atoms. The van der Waals surface area contributed by atoms with Crippen LogP contribution in [-0.2, 0) is 33.9 Å². The summed E-state index contributed by atoms with van der Waals surface area (Å²) in [7, 11) is 0. The maximum atomic E-state index is 16.2. The number of nitrogens with one attached hydrogen (secondary N) is 1. The summed E-state index contributed by atoms with van der Waals surface area (Å²) in [4.78, 5) is 37.4. The minimum atomic E-state index is -4.12. The van der Waals surface area contributed by atoms with Gasteiger partial charge in [0.15, 0.2) is 0 Å². The smallest absolute Gasteiger partial charge is 0.255 e. The third-order valence-electron chi connectivity index (χ3n) is 4.52. The molecule has 3 heterocycles. The zero-order valence-electron chi connectivity index (χ0n) is 37.7. The van der Waals surface area contributed by atoms with Gasteiger partial charge in [-0.2, -0.15) is 0 Å². The molecule has 2 aromatic carbocycles. The molecule has 2 saturated heterocycles. The minimum absolute atomic E-state index is 0.0311. The molecule has 9 heteroatoms. The van der Waals surface area contributed by atoms with Crippen molar-refractivity contribution in [2.75, 3.05) is 26.1 Å². The third-order valence-corrected chi connectivity index (χ3v) is 4.52. The summed E-state index contributed by atoms with van der Waals surface area (Å²) in [6.07, 6.45) is -1.35. The van der Waals surface area contributed by atoms with Crippen LogP contribution in [0.1, 0.15) is 68.7 Å². The van der Waals surface area contributed by atoms with Gasteiger partial charge in [0.25, 0.3) is 5.91 Å². The molecular weight excluding hydrogens is 441 g/mol. The van der Waals surface area contributed by atoms with Crippen molar-refractivity contribution in [1.82, 2.24) is 15.1 Å². The second-order valence-corrected chi connectivity index (χ2v) is 6.65. The normalized spacial score (nSPS) is 40.3. The van der Waals surface area contributed by atoms with Crippen molar-refractivity contribution in [1.29, 1.82) is 0 Å². The molecule has 3 amide bonds. The Morgan fingerprint density at radius 2 is 2.09 bits per heavy atom. The van der Waals surface area contributed by atoms with Crippen molar-refractivity contribution in [2.45, 2.75) is 38.4 Å². The molecule has 0 radical (unpaired) electrons. The van der Waals surface area contributed by atoms with Gasteiger partial charge in [-0.05, 0) is 30.1 Å². The van der Waals surface area contributed by atoms with Gasteiger partial charge in [-0.1, -0.05) is 18.1 Å². The highest BCUT2D eigenvalue weighted by Crippen LogP contribution is 2.34. The molecule has 3 aliphatic heterocycles. The van der Waals surface area contributed by atoms with Gasteiger partial charge in [0.2, 0.25) is 11.8 Å². The van der Waals surface area contributed by atoms with E-state index in [4.69, 9.17) is 33.5 Å². The van der Waals surface area contributed by atoms with E-state index in [2.05, 4.69) is 4.74 Å². The lowest BCUT2D eigenvalue weighted by Crippen LogP contribution is -2.52. The predicted octanol–water partition coefficient (Wildman–Crippen LogP) is 2.00. The lowest BCUT2D eigenvalue weighted by molar-refractivity contribution is -0.136. The molecule has 0 spiro atoms. The zero-order chi connectivity index (χ0) is 42.4. The Balaban J connectivity index is 1.69. The summed E-state index contributed by atoms with van der Waals surface area (Å²) in [6, 6.07) is -11.9. The molecule has 34 heavy (non-hydrogen) atoms. The number of carbonyl (C=O) groups excluding carboxylic acids is 3. The number of morpholine rings is 1.